The third-order valence-corrected chi connectivity index (χ3v) is 7.29. The molecule has 8 atom stereocenters. The van der Waals surface area contributed by atoms with Crippen molar-refractivity contribution in [3.8, 4) is 28.7 Å². The molecule has 14 nitrogen and oxygen atoms in total. The highest BCUT2D eigenvalue weighted by Gasteiger charge is 2.49. The van der Waals surface area contributed by atoms with Crippen molar-refractivity contribution < 1.29 is 63.2 Å². The number of aliphatic carboxylic acids is 1. The summed E-state index contributed by atoms with van der Waals surface area (Å²) in [4.78, 5) is 22.7. The smallest absolute Gasteiger partial charge is 0.317 e. The topological polar surface area (TPSA) is 206 Å². The Bertz CT molecular complexity index is 1300. The van der Waals surface area contributed by atoms with E-state index in [1.54, 1.807) is 25.3 Å². The molecule has 0 spiro atoms. The number of carbonyl (C=O) groups is 2. The summed E-state index contributed by atoms with van der Waals surface area (Å²) in [6, 6.07) is 8.65. The maximum absolute atomic E-state index is 11.9. The van der Waals surface area contributed by atoms with Crippen LogP contribution in [0, 0.1) is 0 Å². The molecule has 0 radical (unpaired) electrons. The first-order valence-electron chi connectivity index (χ1n) is 12.8. The molecule has 3 heterocycles. The first kappa shape index (κ1) is 28.7. The van der Waals surface area contributed by atoms with E-state index in [2.05, 4.69) is 0 Å². The molecule has 6 N–H and O–H groups in total. The van der Waals surface area contributed by atoms with Gasteiger partial charge in [-0.3, -0.25) is 9.59 Å². The summed E-state index contributed by atoms with van der Waals surface area (Å²) in [5.41, 5.74) is 7.34. The Morgan fingerprint density at radius 3 is 2.49 bits per heavy atom. The number of carboxylic acids is 1. The van der Waals surface area contributed by atoms with Gasteiger partial charge in [0.1, 0.15) is 54.5 Å². The largest absolute Gasteiger partial charge is 0.493 e. The number of carbonyl (C=O) groups excluding carboxylic acids is 1. The monoisotopic (exact) mass is 577 g/mol. The first-order chi connectivity index (χ1) is 19.7. The number of esters is 1. The van der Waals surface area contributed by atoms with Gasteiger partial charge in [-0.15, -0.1) is 0 Å². The highest BCUT2D eigenvalue weighted by molar-refractivity contribution is 5.90. The molecule has 1 fully saturated rings. The van der Waals surface area contributed by atoms with Gasteiger partial charge in [-0.25, -0.2) is 0 Å². The molecule has 0 aromatic heterocycles. The van der Waals surface area contributed by atoms with Crippen LogP contribution in [-0.4, -0.2) is 96.5 Å². The van der Waals surface area contributed by atoms with Gasteiger partial charge in [0.05, 0.1) is 26.7 Å². The van der Waals surface area contributed by atoms with Crippen LogP contribution in [0.4, 0.5) is 0 Å². The third kappa shape index (κ3) is 5.31. The van der Waals surface area contributed by atoms with E-state index in [-0.39, 0.29) is 24.3 Å². The Labute approximate surface area is 234 Å². The van der Waals surface area contributed by atoms with Crippen LogP contribution in [0.2, 0.25) is 0 Å². The Kier molecular flexibility index (Phi) is 8.11. The zero-order chi connectivity index (χ0) is 29.4. The van der Waals surface area contributed by atoms with Crippen molar-refractivity contribution >= 4 is 11.9 Å². The van der Waals surface area contributed by atoms with Crippen LogP contribution in [0.1, 0.15) is 29.6 Å². The SMILES string of the molecule is COc1ccc2c(c1OC)OC1c3ccc(OC4OC(C(CN)OC(=O)CC(=O)O)C(O)C(O)C4O)cc3OCC21. The van der Waals surface area contributed by atoms with Gasteiger partial charge >= 0.3 is 11.9 Å². The minimum atomic E-state index is -1.75. The van der Waals surface area contributed by atoms with E-state index in [9.17, 15) is 24.9 Å². The minimum Gasteiger partial charge on any atom is -0.493 e. The van der Waals surface area contributed by atoms with E-state index < -0.39 is 55.2 Å². The normalized spacial score (nSPS) is 28.6. The number of aliphatic hydroxyl groups is 3. The van der Waals surface area contributed by atoms with Gasteiger partial charge in [-0.05, 0) is 18.2 Å². The van der Waals surface area contributed by atoms with E-state index in [1.165, 1.54) is 7.11 Å². The van der Waals surface area contributed by atoms with Crippen molar-refractivity contribution in [2.24, 2.45) is 5.73 Å². The van der Waals surface area contributed by atoms with Crippen LogP contribution in [-0.2, 0) is 19.1 Å². The number of nitrogens with two attached hydrogens (primary N) is 1. The highest BCUT2D eigenvalue weighted by Crippen LogP contribution is 2.56. The van der Waals surface area contributed by atoms with E-state index in [4.69, 9.17) is 44.0 Å². The number of benzene rings is 2. The second-order valence-electron chi connectivity index (χ2n) is 9.77. The molecule has 0 saturated carbocycles. The van der Waals surface area contributed by atoms with Crippen LogP contribution >= 0.6 is 0 Å². The number of fused-ring (bicyclic) bond motifs is 5. The van der Waals surface area contributed by atoms with Crippen molar-refractivity contribution in [3.05, 3.63) is 41.5 Å². The molecular weight excluding hydrogens is 546 g/mol. The Morgan fingerprint density at radius 1 is 1.05 bits per heavy atom. The van der Waals surface area contributed by atoms with Crippen molar-refractivity contribution in [3.63, 3.8) is 0 Å². The lowest BCUT2D eigenvalue weighted by molar-refractivity contribution is -0.288. The van der Waals surface area contributed by atoms with Crippen LogP contribution in [0.5, 0.6) is 28.7 Å². The number of ether oxygens (including phenoxy) is 7. The van der Waals surface area contributed by atoms with Crippen molar-refractivity contribution in [1.29, 1.82) is 0 Å². The van der Waals surface area contributed by atoms with Crippen molar-refractivity contribution in [2.75, 3.05) is 27.4 Å². The van der Waals surface area contributed by atoms with Gasteiger partial charge < -0.3 is 59.3 Å². The Morgan fingerprint density at radius 2 is 1.80 bits per heavy atom. The number of rotatable bonds is 9. The lowest BCUT2D eigenvalue weighted by atomic mass is 9.89. The molecule has 1 saturated heterocycles. The maximum atomic E-state index is 11.9. The molecule has 8 unspecified atom stereocenters. The Balaban J connectivity index is 1.33. The summed E-state index contributed by atoms with van der Waals surface area (Å²) in [5.74, 6) is -0.345. The Hall–Kier alpha value is -3.82. The summed E-state index contributed by atoms with van der Waals surface area (Å²) < 4.78 is 39.8. The van der Waals surface area contributed by atoms with Crippen molar-refractivity contribution in [1.82, 2.24) is 0 Å². The van der Waals surface area contributed by atoms with Crippen LogP contribution in [0.25, 0.3) is 0 Å². The van der Waals surface area contributed by atoms with Gasteiger partial charge in [-0.2, -0.15) is 0 Å². The third-order valence-electron chi connectivity index (χ3n) is 7.29. The second kappa shape index (κ2) is 11.6. The fourth-order valence-electron chi connectivity index (χ4n) is 5.28. The van der Waals surface area contributed by atoms with E-state index in [0.717, 1.165) is 11.1 Å². The number of aliphatic hydroxyl groups excluding tert-OH is 3. The van der Waals surface area contributed by atoms with Crippen LogP contribution in [0.3, 0.4) is 0 Å². The number of carboxylic acid groups (broad SMARTS) is 1. The molecule has 222 valence electrons. The van der Waals surface area contributed by atoms with E-state index in [1.807, 2.05) is 12.1 Å². The summed E-state index contributed by atoms with van der Waals surface area (Å²) >= 11 is 0. The predicted octanol–water partition coefficient (Wildman–Crippen LogP) is -0.155. The predicted molar refractivity (Wildman–Crippen MR) is 136 cm³/mol. The molecule has 0 amide bonds. The average molecular weight is 578 g/mol. The van der Waals surface area contributed by atoms with Crippen LogP contribution < -0.4 is 29.4 Å². The number of hydrogen-bond acceptors (Lipinski definition) is 13. The molecule has 41 heavy (non-hydrogen) atoms. The summed E-state index contributed by atoms with van der Waals surface area (Å²) in [7, 11) is 3.08. The molecule has 0 aliphatic carbocycles. The molecule has 5 rings (SSSR count). The summed E-state index contributed by atoms with van der Waals surface area (Å²) in [5, 5.41) is 40.3. The van der Waals surface area contributed by atoms with E-state index >= 15 is 0 Å². The lowest BCUT2D eigenvalue weighted by Crippen LogP contribution is -2.63. The fraction of sp³-hybridized carbons (Fsp3) is 0.481. The number of hydrogen-bond donors (Lipinski definition) is 5. The molecular formula is C27H31NO13. The molecule has 2 aromatic carbocycles. The van der Waals surface area contributed by atoms with Gasteiger partial charge in [0.2, 0.25) is 12.0 Å². The van der Waals surface area contributed by atoms with Crippen molar-refractivity contribution in [2.45, 2.75) is 55.3 Å². The highest BCUT2D eigenvalue weighted by atomic mass is 16.7. The zero-order valence-electron chi connectivity index (χ0n) is 22.2. The molecule has 0 bridgehead atoms. The quantitative estimate of drug-likeness (QED) is 0.194. The van der Waals surface area contributed by atoms with Gasteiger partial charge in [0.15, 0.2) is 11.5 Å². The summed E-state index contributed by atoms with van der Waals surface area (Å²) in [6.07, 6.45) is -10.7. The second-order valence-corrected chi connectivity index (χ2v) is 9.77. The average Bonchev–Trinajstić information content (AvgIpc) is 3.34. The van der Waals surface area contributed by atoms with Gasteiger partial charge in [0, 0.05) is 23.7 Å². The fourth-order valence-corrected chi connectivity index (χ4v) is 5.28. The molecule has 14 heteroatoms. The van der Waals surface area contributed by atoms with Gasteiger partial charge in [0.25, 0.3) is 0 Å². The standard InChI is InChI=1S/C27H31NO13/c1-35-15-6-5-12-14-10-37-16-7-11(3-4-13(16)23(14)40-24(12)26(15)36-2)38-27-22(34)20(32)21(33)25(41-27)17(9-28)39-19(31)8-18(29)30/h3-7,14,17,20-23,25,27,32-34H,8-10,28H2,1-2H3,(H,29,30). The first-order valence-corrected chi connectivity index (χ1v) is 12.8. The van der Waals surface area contributed by atoms with E-state index in [0.29, 0.717) is 29.6 Å². The van der Waals surface area contributed by atoms with Crippen LogP contribution in [0.15, 0.2) is 30.3 Å². The molecule has 3 aliphatic rings. The molecule has 3 aliphatic heterocycles. The number of methoxy groups -OCH3 is 2. The molecule has 2 aromatic rings. The lowest BCUT2D eigenvalue weighted by Gasteiger charge is -2.42. The zero-order valence-corrected chi connectivity index (χ0v) is 22.2. The minimum absolute atomic E-state index is 0.0954. The van der Waals surface area contributed by atoms with Gasteiger partial charge in [-0.1, -0.05) is 6.07 Å². The maximum Gasteiger partial charge on any atom is 0.317 e. The summed E-state index contributed by atoms with van der Waals surface area (Å²) in [6.45, 7) is -0.0596.